The molecule has 2 heterocycles. The number of aliphatic hydroxyl groups is 1. The average Bonchev–Trinajstić information content (AvgIpc) is 3.15. The van der Waals surface area contributed by atoms with Gasteiger partial charge < -0.3 is 15.0 Å². The largest absolute Gasteiger partial charge is 0.387 e. The molecule has 8 heteroatoms. The Morgan fingerprint density at radius 3 is 2.74 bits per heavy atom. The number of amides is 1. The first kappa shape index (κ1) is 16.5. The number of aliphatic hydroxyl groups excluding tert-OH is 1. The summed E-state index contributed by atoms with van der Waals surface area (Å²) >= 11 is 12.6. The number of nitrogens with one attached hydrogen (secondary N) is 3. The van der Waals surface area contributed by atoms with Gasteiger partial charge in [0.2, 0.25) is 5.91 Å². The maximum Gasteiger partial charge on any atom is 0.246 e. The van der Waals surface area contributed by atoms with Gasteiger partial charge in [0.25, 0.3) is 0 Å². The van der Waals surface area contributed by atoms with Crippen molar-refractivity contribution in [2.24, 2.45) is 7.05 Å². The van der Waals surface area contributed by atoms with Crippen molar-refractivity contribution in [1.29, 1.82) is 0 Å². The normalized spacial score (nSPS) is 15.5. The van der Waals surface area contributed by atoms with Gasteiger partial charge in [-0.3, -0.25) is 15.6 Å². The summed E-state index contributed by atoms with van der Waals surface area (Å²) in [6.07, 6.45) is 0. The molecule has 0 saturated carbocycles. The Balaban J connectivity index is 2.15. The van der Waals surface area contributed by atoms with Crippen LogP contribution >= 0.6 is 23.2 Å². The van der Waals surface area contributed by atoms with Gasteiger partial charge >= 0.3 is 0 Å². The van der Waals surface area contributed by atoms with Crippen molar-refractivity contribution in [2.45, 2.75) is 12.5 Å². The molecule has 1 aliphatic heterocycles. The highest BCUT2D eigenvalue weighted by atomic mass is 35.5. The van der Waals surface area contributed by atoms with E-state index in [2.05, 4.69) is 16.2 Å². The molecule has 124 valence electrons. The van der Waals surface area contributed by atoms with E-state index < -0.39 is 12.5 Å². The molecule has 1 aliphatic rings. The van der Waals surface area contributed by atoms with E-state index in [0.717, 1.165) is 35.2 Å². The number of nitrogens with zero attached hydrogens (tertiary/aromatic N) is 1. The third kappa shape index (κ3) is 2.93. The number of aromatic nitrogens is 1. The second-order valence-corrected chi connectivity index (χ2v) is 6.36. The number of carbonyl (C=O) groups excluding carboxylic acids is 1. The van der Waals surface area contributed by atoms with Gasteiger partial charge in [-0.2, -0.15) is 0 Å². The summed E-state index contributed by atoms with van der Waals surface area (Å²) in [5.74, 6) is -0.148. The molecule has 0 spiro atoms. The standard InChI is InChI=1S/C15H18Cl2N4O2/c1-21-11(6-18-12(23)7-22)13(8-4-19-20-5-8)9-2-3-10(16)14(17)15(9)21/h2-3,8,19-20,22H,4-7H2,1H3,(H,18,23). The fraction of sp³-hybridized carbons (Fsp3) is 0.400. The van der Waals surface area contributed by atoms with Crippen LogP contribution in [0.5, 0.6) is 0 Å². The third-order valence-corrected chi connectivity index (χ3v) is 5.03. The van der Waals surface area contributed by atoms with Crippen molar-refractivity contribution in [3.8, 4) is 0 Å². The van der Waals surface area contributed by atoms with E-state index >= 15 is 0 Å². The molecule has 0 atom stereocenters. The fourth-order valence-corrected chi connectivity index (χ4v) is 3.57. The molecule has 23 heavy (non-hydrogen) atoms. The Kier molecular flexibility index (Phi) is 4.79. The smallest absolute Gasteiger partial charge is 0.246 e. The molecule has 0 radical (unpaired) electrons. The zero-order valence-corrected chi connectivity index (χ0v) is 14.1. The van der Waals surface area contributed by atoms with E-state index in [1.165, 1.54) is 0 Å². The van der Waals surface area contributed by atoms with Crippen LogP contribution in [0.2, 0.25) is 10.0 Å². The third-order valence-electron chi connectivity index (χ3n) is 4.24. The van der Waals surface area contributed by atoms with E-state index in [-0.39, 0.29) is 5.92 Å². The minimum absolute atomic E-state index is 0.261. The van der Waals surface area contributed by atoms with Gasteiger partial charge in [0.05, 0.1) is 22.1 Å². The van der Waals surface area contributed by atoms with Gasteiger partial charge in [0.1, 0.15) is 6.61 Å². The van der Waals surface area contributed by atoms with Crippen molar-refractivity contribution in [3.63, 3.8) is 0 Å². The first-order valence-corrected chi connectivity index (χ1v) is 8.08. The zero-order chi connectivity index (χ0) is 16.6. The Morgan fingerprint density at radius 2 is 2.09 bits per heavy atom. The Labute approximate surface area is 143 Å². The van der Waals surface area contributed by atoms with Gasteiger partial charge in [0, 0.05) is 37.1 Å². The minimum Gasteiger partial charge on any atom is -0.387 e. The van der Waals surface area contributed by atoms with Crippen LogP contribution in [0.1, 0.15) is 17.2 Å². The van der Waals surface area contributed by atoms with Crippen LogP contribution in [0.15, 0.2) is 12.1 Å². The summed E-state index contributed by atoms with van der Waals surface area (Å²) < 4.78 is 1.97. The molecular weight excluding hydrogens is 339 g/mol. The van der Waals surface area contributed by atoms with Crippen LogP contribution in [0.3, 0.4) is 0 Å². The van der Waals surface area contributed by atoms with E-state index in [4.69, 9.17) is 28.3 Å². The maximum atomic E-state index is 11.4. The molecule has 1 aromatic carbocycles. The second kappa shape index (κ2) is 6.67. The van der Waals surface area contributed by atoms with Gasteiger partial charge in [-0.05, 0) is 11.6 Å². The molecule has 6 nitrogen and oxygen atoms in total. The van der Waals surface area contributed by atoms with Crippen LogP contribution in [0.25, 0.3) is 10.9 Å². The number of halogens is 2. The first-order valence-electron chi connectivity index (χ1n) is 7.33. The minimum atomic E-state index is -0.529. The quantitative estimate of drug-likeness (QED) is 0.665. The van der Waals surface area contributed by atoms with Crippen LogP contribution < -0.4 is 16.2 Å². The summed E-state index contributed by atoms with van der Waals surface area (Å²) in [7, 11) is 1.91. The predicted octanol–water partition coefficient (Wildman–Crippen LogP) is 1.28. The van der Waals surface area contributed by atoms with Gasteiger partial charge in [-0.1, -0.05) is 29.3 Å². The van der Waals surface area contributed by atoms with Crippen molar-refractivity contribution in [3.05, 3.63) is 33.4 Å². The number of hydrogen-bond donors (Lipinski definition) is 4. The molecule has 0 bridgehead atoms. The molecule has 1 amide bonds. The van der Waals surface area contributed by atoms with Gasteiger partial charge in [0.15, 0.2) is 0 Å². The highest BCUT2D eigenvalue weighted by Crippen LogP contribution is 2.38. The van der Waals surface area contributed by atoms with Crippen LogP contribution in [-0.4, -0.2) is 35.3 Å². The number of aryl methyl sites for hydroxylation is 1. The topological polar surface area (TPSA) is 78.3 Å². The van der Waals surface area contributed by atoms with Crippen molar-refractivity contribution in [2.75, 3.05) is 19.7 Å². The monoisotopic (exact) mass is 356 g/mol. The maximum absolute atomic E-state index is 11.4. The van der Waals surface area contributed by atoms with Crippen molar-refractivity contribution >= 4 is 40.0 Å². The number of hydrazine groups is 1. The summed E-state index contributed by atoms with van der Waals surface area (Å²) in [5, 5.41) is 13.7. The molecule has 3 rings (SSSR count). The fourth-order valence-electron chi connectivity index (χ4n) is 3.13. The van der Waals surface area contributed by atoms with Crippen LogP contribution in [0.4, 0.5) is 0 Å². The molecule has 0 aliphatic carbocycles. The zero-order valence-electron chi connectivity index (χ0n) is 12.6. The highest BCUT2D eigenvalue weighted by Gasteiger charge is 2.27. The SMILES string of the molecule is Cn1c(CNC(=O)CO)c(C2CNNC2)c2ccc(Cl)c(Cl)c21. The molecule has 1 aromatic heterocycles. The lowest BCUT2D eigenvalue weighted by Gasteiger charge is -2.13. The average molecular weight is 357 g/mol. The van der Waals surface area contributed by atoms with E-state index in [1.54, 1.807) is 6.07 Å². The molecule has 0 unspecified atom stereocenters. The first-order chi connectivity index (χ1) is 11.0. The summed E-state index contributed by atoms with van der Waals surface area (Å²) in [5.41, 5.74) is 9.21. The molecule has 1 fully saturated rings. The lowest BCUT2D eigenvalue weighted by molar-refractivity contribution is -0.124. The predicted molar refractivity (Wildman–Crippen MR) is 90.6 cm³/mol. The van der Waals surface area contributed by atoms with Gasteiger partial charge in [-0.15, -0.1) is 0 Å². The van der Waals surface area contributed by atoms with Crippen LogP contribution in [-0.2, 0) is 18.4 Å². The van der Waals surface area contributed by atoms with Crippen molar-refractivity contribution < 1.29 is 9.90 Å². The molecular formula is C15H18Cl2N4O2. The Hall–Kier alpha value is -1.31. The number of carbonyl (C=O) groups is 1. The lowest BCUT2D eigenvalue weighted by Crippen LogP contribution is -2.27. The Bertz CT molecular complexity index is 754. The number of hydrogen-bond acceptors (Lipinski definition) is 4. The highest BCUT2D eigenvalue weighted by molar-refractivity contribution is 6.45. The Morgan fingerprint density at radius 1 is 1.39 bits per heavy atom. The summed E-state index contributed by atoms with van der Waals surface area (Å²) in [6, 6.07) is 3.76. The number of fused-ring (bicyclic) bond motifs is 1. The molecule has 1 saturated heterocycles. The van der Waals surface area contributed by atoms with Gasteiger partial charge in [-0.25, -0.2) is 0 Å². The molecule has 4 N–H and O–H groups in total. The number of benzene rings is 1. The number of rotatable bonds is 4. The summed E-state index contributed by atoms with van der Waals surface area (Å²) in [6.45, 7) is 1.38. The molecule has 2 aromatic rings. The van der Waals surface area contributed by atoms with Crippen LogP contribution in [0, 0.1) is 0 Å². The lowest BCUT2D eigenvalue weighted by atomic mass is 9.96. The van der Waals surface area contributed by atoms with E-state index in [0.29, 0.717) is 16.6 Å². The van der Waals surface area contributed by atoms with E-state index in [1.807, 2.05) is 17.7 Å². The van der Waals surface area contributed by atoms with Crippen molar-refractivity contribution in [1.82, 2.24) is 20.7 Å². The summed E-state index contributed by atoms with van der Waals surface area (Å²) in [4.78, 5) is 11.4. The van der Waals surface area contributed by atoms with E-state index in [9.17, 15) is 4.79 Å². The second-order valence-electron chi connectivity index (χ2n) is 5.57.